The molecule has 0 radical (unpaired) electrons. The van der Waals surface area contributed by atoms with E-state index in [9.17, 15) is 9.59 Å². The third-order valence-corrected chi connectivity index (χ3v) is 3.73. The van der Waals surface area contributed by atoms with Gasteiger partial charge in [0.15, 0.2) is 0 Å². The van der Waals surface area contributed by atoms with Crippen LogP contribution in [0.3, 0.4) is 0 Å². The number of carbonyl (C=O) groups excluding carboxylic acids is 2. The molecule has 1 aliphatic heterocycles. The molecule has 1 N–H and O–H groups in total. The first-order valence-electron chi connectivity index (χ1n) is 7.39. The van der Waals surface area contributed by atoms with E-state index in [1.54, 1.807) is 30.1 Å². The van der Waals surface area contributed by atoms with Crippen molar-refractivity contribution < 1.29 is 14.3 Å². The summed E-state index contributed by atoms with van der Waals surface area (Å²) in [5, 5.41) is 2.88. The number of nitrogens with zero attached hydrogens (tertiary/aromatic N) is 1. The lowest BCUT2D eigenvalue weighted by Crippen LogP contribution is -2.39. The number of benzene rings is 1. The van der Waals surface area contributed by atoms with E-state index in [1.165, 1.54) is 0 Å². The van der Waals surface area contributed by atoms with Gasteiger partial charge in [0.05, 0.1) is 11.1 Å². The Morgan fingerprint density at radius 1 is 1.32 bits per heavy atom. The highest BCUT2D eigenvalue weighted by Gasteiger charge is 2.36. The second-order valence-corrected chi connectivity index (χ2v) is 7.42. The van der Waals surface area contributed by atoms with Gasteiger partial charge in [-0.25, -0.2) is 0 Å². The summed E-state index contributed by atoms with van der Waals surface area (Å²) in [5.74, 6) is 0.552. The summed E-state index contributed by atoms with van der Waals surface area (Å²) in [6, 6.07) is 5.35. The molecule has 0 aliphatic carbocycles. The molecule has 0 atom stereocenters. The number of fused-ring (bicyclic) bond motifs is 1. The monoisotopic (exact) mass is 304 g/mol. The molecule has 2 rings (SSSR count). The fourth-order valence-corrected chi connectivity index (χ4v) is 2.19. The van der Waals surface area contributed by atoms with Crippen LogP contribution in [0.15, 0.2) is 18.2 Å². The number of anilines is 2. The molecule has 1 aliphatic rings. The average molecular weight is 304 g/mol. The Bertz CT molecular complexity index is 615. The van der Waals surface area contributed by atoms with Gasteiger partial charge in [-0.2, -0.15) is 0 Å². The third kappa shape index (κ3) is 3.08. The topological polar surface area (TPSA) is 58.6 Å². The number of carbonyl (C=O) groups is 2. The number of ether oxygens (including phenoxy) is 1. The zero-order valence-electron chi connectivity index (χ0n) is 14.1. The average Bonchev–Trinajstić information content (AvgIpc) is 2.49. The van der Waals surface area contributed by atoms with E-state index < -0.39 is 10.8 Å². The smallest absolute Gasteiger partial charge is 0.235 e. The quantitative estimate of drug-likeness (QED) is 0.867. The zero-order valence-corrected chi connectivity index (χ0v) is 14.1. The lowest BCUT2D eigenvalue weighted by atomic mass is 9.93. The van der Waals surface area contributed by atoms with Gasteiger partial charge in [-0.05, 0) is 26.0 Å². The predicted octanol–water partition coefficient (Wildman–Crippen LogP) is 3.05. The largest absolute Gasteiger partial charge is 0.490 e. The van der Waals surface area contributed by atoms with E-state index in [4.69, 9.17) is 4.74 Å². The summed E-state index contributed by atoms with van der Waals surface area (Å²) in [4.78, 5) is 26.1. The summed E-state index contributed by atoms with van der Waals surface area (Å²) in [6.45, 7) is 9.60. The van der Waals surface area contributed by atoms with Crippen LogP contribution in [0.4, 0.5) is 11.4 Å². The van der Waals surface area contributed by atoms with Gasteiger partial charge in [0.2, 0.25) is 11.8 Å². The minimum Gasteiger partial charge on any atom is -0.490 e. The van der Waals surface area contributed by atoms with Crippen molar-refractivity contribution in [2.45, 2.75) is 34.6 Å². The Balaban J connectivity index is 2.32. The summed E-state index contributed by atoms with van der Waals surface area (Å²) in [7, 11) is 1.74. The molecule has 5 heteroatoms. The van der Waals surface area contributed by atoms with Crippen LogP contribution in [0.5, 0.6) is 5.75 Å². The van der Waals surface area contributed by atoms with E-state index in [0.717, 1.165) is 0 Å². The minimum atomic E-state index is -0.581. The van der Waals surface area contributed by atoms with Crippen LogP contribution in [0.1, 0.15) is 34.6 Å². The Hall–Kier alpha value is -2.04. The van der Waals surface area contributed by atoms with Crippen molar-refractivity contribution >= 4 is 23.2 Å². The normalized spacial score (nSPS) is 17.4. The second-order valence-electron chi connectivity index (χ2n) is 7.42. The predicted molar refractivity (Wildman–Crippen MR) is 87.2 cm³/mol. The van der Waals surface area contributed by atoms with Crippen molar-refractivity contribution in [2.24, 2.45) is 10.8 Å². The van der Waals surface area contributed by atoms with Gasteiger partial charge in [0.25, 0.3) is 0 Å². The Labute approximate surface area is 131 Å². The van der Waals surface area contributed by atoms with Crippen molar-refractivity contribution in [3.63, 3.8) is 0 Å². The summed E-state index contributed by atoms with van der Waals surface area (Å²) in [6.07, 6.45) is 0. The van der Waals surface area contributed by atoms with Gasteiger partial charge < -0.3 is 15.0 Å². The van der Waals surface area contributed by atoms with Gasteiger partial charge in [-0.1, -0.05) is 20.8 Å². The molecule has 120 valence electrons. The van der Waals surface area contributed by atoms with Gasteiger partial charge in [-0.15, -0.1) is 0 Å². The molecule has 0 spiro atoms. The molecule has 1 heterocycles. The lowest BCUT2D eigenvalue weighted by molar-refractivity contribution is -0.127. The van der Waals surface area contributed by atoms with Crippen LogP contribution in [-0.4, -0.2) is 25.5 Å². The molecule has 0 fully saturated rings. The highest BCUT2D eigenvalue weighted by atomic mass is 16.5. The summed E-state index contributed by atoms with van der Waals surface area (Å²) in [5.41, 5.74) is 0.328. The van der Waals surface area contributed by atoms with Crippen LogP contribution in [0.25, 0.3) is 0 Å². The van der Waals surface area contributed by atoms with Gasteiger partial charge in [0, 0.05) is 24.2 Å². The van der Waals surface area contributed by atoms with Crippen molar-refractivity contribution in [1.29, 1.82) is 0 Å². The standard InChI is InChI=1S/C17H24N2O3/c1-16(2,3)14(20)18-11-7-8-12-13(9-11)22-10-17(4,5)15(21)19(12)6/h7-9H,10H2,1-6H3,(H,18,20). The molecule has 0 aromatic heterocycles. The molecule has 0 saturated carbocycles. The maximum atomic E-state index is 12.4. The van der Waals surface area contributed by atoms with Crippen molar-refractivity contribution in [1.82, 2.24) is 0 Å². The van der Waals surface area contributed by atoms with E-state index in [1.807, 2.05) is 34.6 Å². The summed E-state index contributed by atoms with van der Waals surface area (Å²) >= 11 is 0. The Kier molecular flexibility index (Phi) is 3.94. The maximum Gasteiger partial charge on any atom is 0.235 e. The zero-order chi connectivity index (χ0) is 16.7. The highest BCUT2D eigenvalue weighted by molar-refractivity contribution is 6.00. The van der Waals surface area contributed by atoms with Gasteiger partial charge in [-0.3, -0.25) is 9.59 Å². The van der Waals surface area contributed by atoms with E-state index in [0.29, 0.717) is 23.7 Å². The molecule has 0 saturated heterocycles. The Morgan fingerprint density at radius 2 is 1.95 bits per heavy atom. The first-order valence-corrected chi connectivity index (χ1v) is 7.39. The number of amides is 2. The summed E-state index contributed by atoms with van der Waals surface area (Å²) < 4.78 is 5.80. The molecule has 1 aromatic rings. The molecule has 2 amide bonds. The fourth-order valence-electron chi connectivity index (χ4n) is 2.19. The van der Waals surface area contributed by atoms with Crippen molar-refractivity contribution in [3.8, 4) is 5.75 Å². The van der Waals surface area contributed by atoms with Crippen LogP contribution >= 0.6 is 0 Å². The highest BCUT2D eigenvalue weighted by Crippen LogP contribution is 2.37. The molecule has 22 heavy (non-hydrogen) atoms. The Morgan fingerprint density at radius 3 is 2.55 bits per heavy atom. The van der Waals surface area contributed by atoms with Crippen LogP contribution in [-0.2, 0) is 9.59 Å². The first-order chi connectivity index (χ1) is 10.0. The van der Waals surface area contributed by atoms with Gasteiger partial charge in [0.1, 0.15) is 12.4 Å². The molecular formula is C17H24N2O3. The number of hydrogen-bond acceptors (Lipinski definition) is 3. The molecule has 1 aromatic carbocycles. The van der Waals surface area contributed by atoms with E-state index >= 15 is 0 Å². The fraction of sp³-hybridized carbons (Fsp3) is 0.529. The van der Waals surface area contributed by atoms with Crippen LogP contribution in [0, 0.1) is 10.8 Å². The minimum absolute atomic E-state index is 0.0118. The SMILES string of the molecule is CN1C(=O)C(C)(C)COc2cc(NC(=O)C(C)(C)C)ccc21. The van der Waals surface area contributed by atoms with Crippen molar-refractivity contribution in [3.05, 3.63) is 18.2 Å². The second kappa shape index (κ2) is 5.30. The number of hydrogen-bond donors (Lipinski definition) is 1. The van der Waals surface area contributed by atoms with Crippen LogP contribution < -0.4 is 15.0 Å². The first kappa shape index (κ1) is 16.3. The maximum absolute atomic E-state index is 12.4. The lowest BCUT2D eigenvalue weighted by Gasteiger charge is -2.24. The molecular weight excluding hydrogens is 280 g/mol. The third-order valence-electron chi connectivity index (χ3n) is 3.73. The molecule has 5 nitrogen and oxygen atoms in total. The van der Waals surface area contributed by atoms with E-state index in [-0.39, 0.29) is 11.8 Å². The van der Waals surface area contributed by atoms with Gasteiger partial charge >= 0.3 is 0 Å². The van der Waals surface area contributed by atoms with Crippen LogP contribution in [0.2, 0.25) is 0 Å². The van der Waals surface area contributed by atoms with Crippen molar-refractivity contribution in [2.75, 3.05) is 23.9 Å². The number of rotatable bonds is 1. The molecule has 0 unspecified atom stereocenters. The molecule has 0 bridgehead atoms. The number of nitrogens with one attached hydrogen (secondary N) is 1. The van der Waals surface area contributed by atoms with E-state index in [2.05, 4.69) is 5.32 Å².